The van der Waals surface area contributed by atoms with Crippen LogP contribution >= 0.6 is 11.3 Å². The molecule has 0 radical (unpaired) electrons. The molecule has 6 heteroatoms. The van der Waals surface area contributed by atoms with Gasteiger partial charge in [-0.25, -0.2) is 0 Å². The normalized spacial score (nSPS) is 21.6. The van der Waals surface area contributed by atoms with Crippen molar-refractivity contribution < 1.29 is 9.53 Å². The van der Waals surface area contributed by atoms with Crippen molar-refractivity contribution in [3.8, 4) is 0 Å². The third kappa shape index (κ3) is 3.92. The van der Waals surface area contributed by atoms with Crippen LogP contribution in [0, 0.1) is 0 Å². The SMILES string of the molecule is O=C(c1ccc([C@@H]2CCCO2)s1)N1CCN(Cc2ccccn2)CC1. The van der Waals surface area contributed by atoms with Crippen LogP contribution in [0.4, 0.5) is 0 Å². The average Bonchev–Trinajstić information content (AvgIpc) is 3.34. The van der Waals surface area contributed by atoms with Gasteiger partial charge in [0.25, 0.3) is 5.91 Å². The number of pyridine rings is 1. The molecule has 2 saturated heterocycles. The highest BCUT2D eigenvalue weighted by Gasteiger charge is 2.25. The van der Waals surface area contributed by atoms with Gasteiger partial charge in [0.1, 0.15) is 0 Å². The minimum atomic E-state index is 0.159. The number of hydrogen-bond acceptors (Lipinski definition) is 5. The predicted molar refractivity (Wildman–Crippen MR) is 97.7 cm³/mol. The van der Waals surface area contributed by atoms with Crippen molar-refractivity contribution in [1.82, 2.24) is 14.8 Å². The number of carbonyl (C=O) groups is 1. The van der Waals surface area contributed by atoms with Gasteiger partial charge in [-0.05, 0) is 37.1 Å². The zero-order chi connectivity index (χ0) is 17.1. The number of amides is 1. The molecule has 0 aliphatic carbocycles. The lowest BCUT2D eigenvalue weighted by atomic mass is 10.2. The third-order valence-electron chi connectivity index (χ3n) is 4.86. The highest BCUT2D eigenvalue weighted by molar-refractivity contribution is 7.14. The van der Waals surface area contributed by atoms with E-state index in [1.165, 1.54) is 4.88 Å². The summed E-state index contributed by atoms with van der Waals surface area (Å²) in [7, 11) is 0. The summed E-state index contributed by atoms with van der Waals surface area (Å²) in [6.07, 6.45) is 4.21. The van der Waals surface area contributed by atoms with Gasteiger partial charge in [0.15, 0.2) is 0 Å². The Kier molecular flexibility index (Phi) is 5.10. The molecule has 2 fully saturated rings. The van der Waals surface area contributed by atoms with Crippen molar-refractivity contribution in [3.05, 3.63) is 52.0 Å². The Morgan fingerprint density at radius 3 is 2.80 bits per heavy atom. The summed E-state index contributed by atoms with van der Waals surface area (Å²) in [5.41, 5.74) is 1.08. The van der Waals surface area contributed by atoms with Gasteiger partial charge in [-0.3, -0.25) is 14.7 Å². The molecule has 0 aromatic carbocycles. The molecular weight excluding hydrogens is 334 g/mol. The third-order valence-corrected chi connectivity index (χ3v) is 6.02. The van der Waals surface area contributed by atoms with E-state index in [-0.39, 0.29) is 12.0 Å². The van der Waals surface area contributed by atoms with Gasteiger partial charge in [0.2, 0.25) is 0 Å². The molecule has 2 aromatic rings. The van der Waals surface area contributed by atoms with Gasteiger partial charge in [-0.2, -0.15) is 0 Å². The second kappa shape index (κ2) is 7.64. The number of rotatable bonds is 4. The maximum absolute atomic E-state index is 12.8. The molecule has 25 heavy (non-hydrogen) atoms. The Morgan fingerprint density at radius 2 is 2.08 bits per heavy atom. The molecule has 0 N–H and O–H groups in total. The van der Waals surface area contributed by atoms with Crippen LogP contribution in [0.2, 0.25) is 0 Å². The molecule has 2 aliphatic rings. The summed E-state index contributed by atoms with van der Waals surface area (Å²) in [6.45, 7) is 5.03. The second-order valence-electron chi connectivity index (χ2n) is 6.59. The highest BCUT2D eigenvalue weighted by Crippen LogP contribution is 2.33. The molecule has 4 rings (SSSR count). The molecule has 0 bridgehead atoms. The van der Waals surface area contributed by atoms with Gasteiger partial charge in [0, 0.05) is 50.4 Å². The minimum absolute atomic E-state index is 0.159. The second-order valence-corrected chi connectivity index (χ2v) is 7.71. The Balaban J connectivity index is 1.32. The molecule has 132 valence electrons. The first-order chi connectivity index (χ1) is 12.3. The number of ether oxygens (including phenoxy) is 1. The highest BCUT2D eigenvalue weighted by atomic mass is 32.1. The van der Waals surface area contributed by atoms with Crippen molar-refractivity contribution in [3.63, 3.8) is 0 Å². The number of carbonyl (C=O) groups excluding carboxylic acids is 1. The molecule has 0 unspecified atom stereocenters. The van der Waals surface area contributed by atoms with Crippen LogP contribution < -0.4 is 0 Å². The topological polar surface area (TPSA) is 45.7 Å². The Hall–Kier alpha value is -1.76. The number of hydrogen-bond donors (Lipinski definition) is 0. The molecule has 0 spiro atoms. The first kappa shape index (κ1) is 16.7. The smallest absolute Gasteiger partial charge is 0.264 e. The van der Waals surface area contributed by atoms with E-state index >= 15 is 0 Å². The summed E-state index contributed by atoms with van der Waals surface area (Å²) in [5, 5.41) is 0. The van der Waals surface area contributed by atoms with E-state index in [1.807, 2.05) is 29.3 Å². The molecule has 1 atom stereocenters. The summed E-state index contributed by atoms with van der Waals surface area (Å²) >= 11 is 1.60. The van der Waals surface area contributed by atoms with E-state index < -0.39 is 0 Å². The zero-order valence-electron chi connectivity index (χ0n) is 14.3. The van der Waals surface area contributed by atoms with Crippen LogP contribution in [0.15, 0.2) is 36.5 Å². The van der Waals surface area contributed by atoms with E-state index in [0.29, 0.717) is 0 Å². The van der Waals surface area contributed by atoms with Crippen molar-refractivity contribution in [2.75, 3.05) is 32.8 Å². The summed E-state index contributed by atoms with van der Waals surface area (Å²) in [4.78, 5) is 23.5. The molecule has 4 heterocycles. The molecule has 2 aliphatic heterocycles. The molecular formula is C19H23N3O2S. The lowest BCUT2D eigenvalue weighted by molar-refractivity contribution is 0.0632. The van der Waals surface area contributed by atoms with Crippen LogP contribution in [0.5, 0.6) is 0 Å². The molecule has 2 aromatic heterocycles. The van der Waals surface area contributed by atoms with Crippen LogP contribution in [0.3, 0.4) is 0 Å². The van der Waals surface area contributed by atoms with Crippen LogP contribution in [0.1, 0.15) is 39.2 Å². The van der Waals surface area contributed by atoms with E-state index in [4.69, 9.17) is 4.74 Å². The summed E-state index contributed by atoms with van der Waals surface area (Å²) in [6, 6.07) is 10.0. The van der Waals surface area contributed by atoms with E-state index in [0.717, 1.165) is 62.7 Å². The Labute approximate surface area is 152 Å². The maximum atomic E-state index is 12.8. The van der Waals surface area contributed by atoms with Crippen LogP contribution in [-0.4, -0.2) is 53.5 Å². The number of aromatic nitrogens is 1. The van der Waals surface area contributed by atoms with Crippen molar-refractivity contribution in [2.24, 2.45) is 0 Å². The maximum Gasteiger partial charge on any atom is 0.264 e. The summed E-state index contributed by atoms with van der Waals surface area (Å²) < 4.78 is 5.72. The van der Waals surface area contributed by atoms with Gasteiger partial charge >= 0.3 is 0 Å². The van der Waals surface area contributed by atoms with E-state index in [2.05, 4.69) is 22.0 Å². The quantitative estimate of drug-likeness (QED) is 0.844. The first-order valence-corrected chi connectivity index (χ1v) is 9.74. The van der Waals surface area contributed by atoms with Crippen molar-refractivity contribution in [1.29, 1.82) is 0 Å². The zero-order valence-corrected chi connectivity index (χ0v) is 15.1. The van der Waals surface area contributed by atoms with E-state index in [1.54, 1.807) is 11.3 Å². The van der Waals surface area contributed by atoms with Gasteiger partial charge in [-0.1, -0.05) is 6.07 Å². The first-order valence-electron chi connectivity index (χ1n) is 8.92. The van der Waals surface area contributed by atoms with Gasteiger partial charge in [-0.15, -0.1) is 11.3 Å². The summed E-state index contributed by atoms with van der Waals surface area (Å²) in [5.74, 6) is 0.159. The van der Waals surface area contributed by atoms with Gasteiger partial charge < -0.3 is 9.64 Å². The fourth-order valence-corrected chi connectivity index (χ4v) is 4.49. The monoisotopic (exact) mass is 357 g/mol. The predicted octanol–water partition coefficient (Wildman–Crippen LogP) is 2.95. The standard InChI is InChI=1S/C19H23N3O2S/c23-19(18-7-6-17(25-18)16-5-3-13-24-16)22-11-9-21(10-12-22)14-15-4-1-2-8-20-15/h1-2,4,6-8,16H,3,5,9-14H2/t16-/m0/s1. The lowest BCUT2D eigenvalue weighted by Gasteiger charge is -2.34. The number of nitrogens with zero attached hydrogens (tertiary/aromatic N) is 3. The Morgan fingerprint density at radius 1 is 1.20 bits per heavy atom. The Bertz CT molecular complexity index is 704. The average molecular weight is 357 g/mol. The van der Waals surface area contributed by atoms with Gasteiger partial charge in [0.05, 0.1) is 16.7 Å². The van der Waals surface area contributed by atoms with E-state index in [9.17, 15) is 4.79 Å². The fraction of sp³-hybridized carbons (Fsp3) is 0.474. The van der Waals surface area contributed by atoms with Crippen molar-refractivity contribution in [2.45, 2.75) is 25.5 Å². The molecule has 5 nitrogen and oxygen atoms in total. The minimum Gasteiger partial charge on any atom is -0.373 e. The molecule has 1 amide bonds. The van der Waals surface area contributed by atoms with Crippen LogP contribution in [-0.2, 0) is 11.3 Å². The van der Waals surface area contributed by atoms with Crippen molar-refractivity contribution >= 4 is 17.2 Å². The number of piperazine rings is 1. The molecule has 0 saturated carbocycles. The number of thiophene rings is 1. The fourth-order valence-electron chi connectivity index (χ4n) is 3.43. The largest absolute Gasteiger partial charge is 0.373 e. The van der Waals surface area contributed by atoms with Crippen LogP contribution in [0.25, 0.3) is 0 Å². The lowest BCUT2D eigenvalue weighted by Crippen LogP contribution is -2.48.